The summed E-state index contributed by atoms with van der Waals surface area (Å²) in [5, 5.41) is 9.81. The molecule has 2 fully saturated rings. The van der Waals surface area contributed by atoms with Crippen molar-refractivity contribution in [3.8, 4) is 0 Å². The van der Waals surface area contributed by atoms with Crippen molar-refractivity contribution in [2.24, 2.45) is 5.92 Å². The van der Waals surface area contributed by atoms with Crippen LogP contribution in [-0.2, 0) is 57.5 Å². The minimum absolute atomic E-state index is 0.0130. The fourth-order valence-electron chi connectivity index (χ4n) is 7.62. The molecular formula is C44H51N5O8. The third kappa shape index (κ3) is 11.5. The van der Waals surface area contributed by atoms with E-state index in [-0.39, 0.29) is 70.0 Å². The Morgan fingerprint density at radius 3 is 2.14 bits per heavy atom. The lowest BCUT2D eigenvalue weighted by atomic mass is 9.88. The van der Waals surface area contributed by atoms with Crippen molar-refractivity contribution >= 4 is 46.1 Å². The molecule has 2 saturated heterocycles. The number of Topliss-reactive ketones (excluding diaryl/α,β-unsaturated/α-hetero) is 2. The topological polar surface area (TPSA) is 176 Å². The van der Waals surface area contributed by atoms with Crippen LogP contribution in [0.15, 0.2) is 91.1 Å². The van der Waals surface area contributed by atoms with E-state index < -0.39 is 53.7 Å². The first-order chi connectivity index (χ1) is 27.6. The lowest BCUT2D eigenvalue weighted by molar-refractivity contribution is -0.143. The third-order valence-electron chi connectivity index (χ3n) is 10.5. The van der Waals surface area contributed by atoms with Crippen LogP contribution in [0.2, 0.25) is 0 Å². The van der Waals surface area contributed by atoms with Crippen molar-refractivity contribution in [1.82, 2.24) is 25.8 Å². The van der Waals surface area contributed by atoms with Crippen molar-refractivity contribution in [3.05, 3.63) is 108 Å². The van der Waals surface area contributed by atoms with Crippen LogP contribution in [0.4, 0.5) is 0 Å². The van der Waals surface area contributed by atoms with Crippen molar-refractivity contribution in [2.45, 2.75) is 76.0 Å². The van der Waals surface area contributed by atoms with Crippen LogP contribution in [0.5, 0.6) is 0 Å². The summed E-state index contributed by atoms with van der Waals surface area (Å²) in [6, 6.07) is 22.7. The zero-order valence-corrected chi connectivity index (χ0v) is 32.2. The maximum absolute atomic E-state index is 14.7. The Kier molecular flexibility index (Phi) is 14.4. The van der Waals surface area contributed by atoms with E-state index in [4.69, 9.17) is 9.47 Å². The van der Waals surface area contributed by atoms with Crippen LogP contribution < -0.4 is 16.0 Å². The highest BCUT2D eigenvalue weighted by molar-refractivity contribution is 5.98. The molecule has 13 nitrogen and oxygen atoms in total. The van der Waals surface area contributed by atoms with Gasteiger partial charge in [0.05, 0.1) is 19.3 Å². The van der Waals surface area contributed by atoms with Gasteiger partial charge < -0.3 is 40.1 Å². The number of aromatic amines is 1. The second kappa shape index (κ2) is 20.0. The van der Waals surface area contributed by atoms with E-state index in [1.165, 1.54) is 11.8 Å². The molecule has 0 spiro atoms. The molecule has 2 aliphatic heterocycles. The molecule has 0 saturated carbocycles. The Bertz CT molecular complexity index is 2020. The normalized spacial score (nSPS) is 21.6. The number of nitrogens with zero attached hydrogens (tertiary/aromatic N) is 1. The van der Waals surface area contributed by atoms with Crippen LogP contribution in [-0.4, -0.2) is 102 Å². The van der Waals surface area contributed by atoms with Gasteiger partial charge in [0.25, 0.3) is 0 Å². The van der Waals surface area contributed by atoms with E-state index in [9.17, 15) is 28.8 Å². The van der Waals surface area contributed by atoms with Gasteiger partial charge in [0.1, 0.15) is 24.5 Å². The Morgan fingerprint density at radius 2 is 1.42 bits per heavy atom. The number of hydrogen-bond donors (Lipinski definition) is 4. The molecule has 3 heterocycles. The molecule has 4 amide bonds. The number of para-hydroxylation sites is 1. The molecule has 4 aromatic rings. The van der Waals surface area contributed by atoms with Gasteiger partial charge in [-0.1, -0.05) is 78.9 Å². The van der Waals surface area contributed by atoms with E-state index in [1.54, 1.807) is 0 Å². The molecule has 6 rings (SSSR count). The standard InChI is InChI=1S/C44H51N5O8/c1-29(50)11-10-18-56-19-20-57-28-41(52)46-34-25-39-43(54)47-37(21-30-12-4-2-5-13-30)40(51)24-32(23-33-26-45-36-17-9-8-16-35(33)36)42(53)48-38(44(55)49(39)27-34)22-31-14-6-3-7-15-31/h2-9,12-17,26,32,34,37-39,45H,10-11,18-25,27-28H2,1H3,(H,46,52)(H,47,54)(H,48,53)/t32-,34+,37-,38-,39+/m0/s1. The zero-order chi connectivity index (χ0) is 40.1. The summed E-state index contributed by atoms with van der Waals surface area (Å²) in [6.45, 7) is 2.14. The van der Waals surface area contributed by atoms with Gasteiger partial charge in [-0.3, -0.25) is 24.0 Å². The van der Waals surface area contributed by atoms with Crippen LogP contribution in [0, 0.1) is 5.92 Å². The van der Waals surface area contributed by atoms with Gasteiger partial charge in [-0.2, -0.15) is 0 Å². The summed E-state index contributed by atoms with van der Waals surface area (Å²) in [5.41, 5.74) is 3.40. The molecule has 3 aromatic carbocycles. The van der Waals surface area contributed by atoms with Crippen LogP contribution in [0.25, 0.3) is 10.9 Å². The minimum Gasteiger partial charge on any atom is -0.379 e. The van der Waals surface area contributed by atoms with Crippen molar-refractivity contribution < 1.29 is 38.2 Å². The van der Waals surface area contributed by atoms with Crippen molar-refractivity contribution in [2.75, 3.05) is 33.0 Å². The maximum atomic E-state index is 14.7. The third-order valence-corrected chi connectivity index (χ3v) is 10.5. The molecule has 0 radical (unpaired) electrons. The zero-order valence-electron chi connectivity index (χ0n) is 32.2. The molecular weight excluding hydrogens is 727 g/mol. The SMILES string of the molecule is CC(=O)CCCOCCOCC(=O)N[C@@H]1C[C@@H]2C(=O)N[C@@H](Cc3ccccc3)C(=O)C[C@H](Cc3c[nH]c4ccccc34)C(=O)N[C@@H](Cc3ccccc3)C(=O)N2C1. The highest BCUT2D eigenvalue weighted by Gasteiger charge is 2.44. The first kappa shape index (κ1) is 41.0. The number of fused-ring (bicyclic) bond motifs is 2. The highest BCUT2D eigenvalue weighted by Crippen LogP contribution is 2.26. The van der Waals surface area contributed by atoms with E-state index in [1.807, 2.05) is 91.1 Å². The van der Waals surface area contributed by atoms with Gasteiger partial charge >= 0.3 is 0 Å². The summed E-state index contributed by atoms with van der Waals surface area (Å²) >= 11 is 0. The summed E-state index contributed by atoms with van der Waals surface area (Å²) in [6.07, 6.45) is 3.42. The van der Waals surface area contributed by atoms with E-state index in [2.05, 4.69) is 20.9 Å². The quantitative estimate of drug-likeness (QED) is 0.126. The number of ketones is 2. The number of carbonyl (C=O) groups excluding carboxylic acids is 6. The summed E-state index contributed by atoms with van der Waals surface area (Å²) in [4.78, 5) is 86.4. The average molecular weight is 778 g/mol. The molecule has 5 atom stereocenters. The number of ether oxygens (including phenoxy) is 2. The fraction of sp³-hybridized carbons (Fsp3) is 0.409. The molecule has 13 heteroatoms. The summed E-state index contributed by atoms with van der Waals surface area (Å²) < 4.78 is 11.0. The number of amides is 4. The molecule has 300 valence electrons. The van der Waals surface area contributed by atoms with Gasteiger partial charge in [0.15, 0.2) is 5.78 Å². The molecule has 0 unspecified atom stereocenters. The number of hydrogen-bond acceptors (Lipinski definition) is 8. The first-order valence-electron chi connectivity index (χ1n) is 19.7. The van der Waals surface area contributed by atoms with Gasteiger partial charge in [-0.15, -0.1) is 0 Å². The summed E-state index contributed by atoms with van der Waals surface area (Å²) in [5.74, 6) is -2.87. The highest BCUT2D eigenvalue weighted by atomic mass is 16.5. The number of carbonyl (C=O) groups is 6. The van der Waals surface area contributed by atoms with Crippen molar-refractivity contribution in [3.63, 3.8) is 0 Å². The van der Waals surface area contributed by atoms with Crippen molar-refractivity contribution in [1.29, 1.82) is 0 Å². The second-order valence-electron chi connectivity index (χ2n) is 14.9. The fourth-order valence-corrected chi connectivity index (χ4v) is 7.62. The van der Waals surface area contributed by atoms with E-state index in [0.29, 0.717) is 19.4 Å². The maximum Gasteiger partial charge on any atom is 0.246 e. The molecule has 57 heavy (non-hydrogen) atoms. The summed E-state index contributed by atoms with van der Waals surface area (Å²) in [7, 11) is 0. The lowest BCUT2D eigenvalue weighted by Gasteiger charge is -2.32. The van der Waals surface area contributed by atoms with Gasteiger partial charge in [-0.05, 0) is 55.4 Å². The Balaban J connectivity index is 1.23. The number of rotatable bonds is 16. The van der Waals surface area contributed by atoms with E-state index >= 15 is 0 Å². The molecule has 1 aromatic heterocycles. The molecule has 0 bridgehead atoms. The average Bonchev–Trinajstić information content (AvgIpc) is 3.82. The van der Waals surface area contributed by atoms with Gasteiger partial charge in [0.2, 0.25) is 23.6 Å². The minimum atomic E-state index is -1.05. The van der Waals surface area contributed by atoms with Crippen LogP contribution >= 0.6 is 0 Å². The predicted octanol–water partition coefficient (Wildman–Crippen LogP) is 3.24. The number of aromatic nitrogens is 1. The Morgan fingerprint density at radius 1 is 0.772 bits per heavy atom. The monoisotopic (exact) mass is 777 g/mol. The molecule has 0 aliphatic carbocycles. The second-order valence-corrected chi connectivity index (χ2v) is 14.9. The van der Waals surface area contributed by atoms with Crippen LogP contribution in [0.3, 0.4) is 0 Å². The number of benzene rings is 3. The Labute approximate surface area is 332 Å². The van der Waals surface area contributed by atoms with Gasteiger partial charge in [-0.25, -0.2) is 0 Å². The lowest BCUT2D eigenvalue weighted by Crippen LogP contribution is -2.58. The Hall–Kier alpha value is -5.66. The van der Waals surface area contributed by atoms with Gasteiger partial charge in [0, 0.05) is 61.5 Å². The molecule has 2 aliphatic rings. The molecule has 4 N–H and O–H groups in total. The number of H-pyrrole nitrogens is 1. The number of nitrogens with one attached hydrogen (secondary N) is 4. The predicted molar refractivity (Wildman–Crippen MR) is 213 cm³/mol. The largest absolute Gasteiger partial charge is 0.379 e. The van der Waals surface area contributed by atoms with Crippen LogP contribution in [0.1, 0.15) is 49.3 Å². The first-order valence-corrected chi connectivity index (χ1v) is 19.7. The van der Waals surface area contributed by atoms with E-state index in [0.717, 1.165) is 27.6 Å². The smallest absolute Gasteiger partial charge is 0.246 e.